The van der Waals surface area contributed by atoms with E-state index in [0.717, 1.165) is 23.1 Å². The topological polar surface area (TPSA) is 49.7 Å². The average molecular weight is 252 g/mol. The van der Waals surface area contributed by atoms with Gasteiger partial charge in [-0.25, -0.2) is 0 Å². The Balaban J connectivity index is 3.23. The Morgan fingerprint density at radius 2 is 1.67 bits per heavy atom. The summed E-state index contributed by atoms with van der Waals surface area (Å²) in [7, 11) is 0. The van der Waals surface area contributed by atoms with E-state index in [9.17, 15) is 10.2 Å². The minimum absolute atomic E-state index is 0.000162. The van der Waals surface area contributed by atoms with Crippen LogP contribution in [0.1, 0.15) is 56.7 Å². The Morgan fingerprint density at radius 3 is 2.11 bits per heavy atom. The number of hydrogen-bond acceptors (Lipinski definition) is 3. The summed E-state index contributed by atoms with van der Waals surface area (Å²) in [5.74, 6) is 1.04. The fourth-order valence-electron chi connectivity index (χ4n) is 1.99. The number of aliphatic hydroxyl groups is 2. The molecule has 1 aromatic rings. The molecule has 0 aliphatic rings. The van der Waals surface area contributed by atoms with Crippen molar-refractivity contribution in [2.24, 2.45) is 0 Å². The number of ether oxygens (including phenoxy) is 1. The second kappa shape index (κ2) is 6.76. The highest BCUT2D eigenvalue weighted by molar-refractivity contribution is 5.44. The summed E-state index contributed by atoms with van der Waals surface area (Å²) in [4.78, 5) is 0. The van der Waals surface area contributed by atoms with Crippen molar-refractivity contribution in [1.82, 2.24) is 0 Å². The van der Waals surface area contributed by atoms with Crippen molar-refractivity contribution in [2.75, 3.05) is 0 Å². The lowest BCUT2D eigenvalue weighted by atomic mass is 9.92. The van der Waals surface area contributed by atoms with Gasteiger partial charge in [0.05, 0.1) is 19.3 Å². The van der Waals surface area contributed by atoms with Crippen molar-refractivity contribution < 1.29 is 14.9 Å². The van der Waals surface area contributed by atoms with Crippen LogP contribution in [0.4, 0.5) is 0 Å². The van der Waals surface area contributed by atoms with Crippen molar-refractivity contribution in [3.63, 3.8) is 0 Å². The van der Waals surface area contributed by atoms with Crippen LogP contribution < -0.4 is 4.74 Å². The van der Waals surface area contributed by atoms with Gasteiger partial charge in [0.1, 0.15) is 5.75 Å². The van der Waals surface area contributed by atoms with E-state index in [-0.39, 0.29) is 19.3 Å². The maximum Gasteiger partial charge on any atom is 0.125 e. The molecular weight excluding hydrogens is 228 g/mol. The van der Waals surface area contributed by atoms with Crippen molar-refractivity contribution >= 4 is 0 Å². The van der Waals surface area contributed by atoms with Gasteiger partial charge in [-0.15, -0.1) is 0 Å². The molecule has 0 saturated carbocycles. The SMILES string of the molecule is CCC(C)c1cc(CO)c(OC(C)C)cc1CO. The molecule has 0 aliphatic heterocycles. The summed E-state index contributed by atoms with van der Waals surface area (Å²) >= 11 is 0. The fraction of sp³-hybridized carbons (Fsp3) is 0.600. The van der Waals surface area contributed by atoms with Gasteiger partial charge in [0.15, 0.2) is 0 Å². The Kier molecular flexibility index (Phi) is 5.63. The second-order valence-electron chi connectivity index (χ2n) is 4.95. The second-order valence-corrected chi connectivity index (χ2v) is 4.95. The molecular formula is C15H24O3. The van der Waals surface area contributed by atoms with Gasteiger partial charge in [-0.05, 0) is 49.4 Å². The van der Waals surface area contributed by atoms with Crippen LogP contribution in [0.2, 0.25) is 0 Å². The normalized spacial score (nSPS) is 12.8. The van der Waals surface area contributed by atoms with E-state index in [2.05, 4.69) is 13.8 Å². The summed E-state index contributed by atoms with van der Waals surface area (Å²) in [6.07, 6.45) is 1.05. The number of rotatable bonds is 6. The average Bonchev–Trinajstić information content (AvgIpc) is 2.36. The maximum atomic E-state index is 9.47. The largest absolute Gasteiger partial charge is 0.491 e. The highest BCUT2D eigenvalue weighted by Crippen LogP contribution is 2.30. The summed E-state index contributed by atoms with van der Waals surface area (Å²) in [5.41, 5.74) is 2.77. The third-order valence-electron chi connectivity index (χ3n) is 3.17. The number of aliphatic hydroxyl groups excluding tert-OH is 2. The minimum atomic E-state index is -0.0444. The Bertz CT molecular complexity index is 386. The predicted octanol–water partition coefficient (Wildman–Crippen LogP) is 2.97. The number of benzene rings is 1. The zero-order valence-corrected chi connectivity index (χ0v) is 11.7. The first kappa shape index (κ1) is 15.0. The molecule has 1 atom stereocenters. The first-order valence-corrected chi connectivity index (χ1v) is 6.57. The van der Waals surface area contributed by atoms with Gasteiger partial charge >= 0.3 is 0 Å². The minimum Gasteiger partial charge on any atom is -0.491 e. The fourth-order valence-corrected chi connectivity index (χ4v) is 1.99. The Hall–Kier alpha value is -1.06. The standard InChI is InChI=1S/C15H24O3/c1-5-11(4)14-6-13(9-17)15(18-10(2)3)7-12(14)8-16/h6-7,10-11,16-17H,5,8-9H2,1-4H3. The van der Waals surface area contributed by atoms with E-state index in [1.54, 1.807) is 0 Å². The van der Waals surface area contributed by atoms with Gasteiger partial charge in [0.25, 0.3) is 0 Å². The van der Waals surface area contributed by atoms with Crippen LogP contribution in [0.5, 0.6) is 5.75 Å². The van der Waals surface area contributed by atoms with E-state index in [0.29, 0.717) is 11.7 Å². The van der Waals surface area contributed by atoms with Gasteiger partial charge in [-0.3, -0.25) is 0 Å². The molecule has 0 spiro atoms. The first-order valence-electron chi connectivity index (χ1n) is 6.57. The molecule has 2 N–H and O–H groups in total. The highest BCUT2D eigenvalue weighted by atomic mass is 16.5. The van der Waals surface area contributed by atoms with E-state index >= 15 is 0 Å². The molecule has 0 fully saturated rings. The highest BCUT2D eigenvalue weighted by Gasteiger charge is 2.14. The van der Waals surface area contributed by atoms with Crippen LogP contribution in [-0.2, 0) is 13.2 Å². The van der Waals surface area contributed by atoms with Gasteiger partial charge in [-0.1, -0.05) is 13.8 Å². The number of hydrogen-bond donors (Lipinski definition) is 2. The van der Waals surface area contributed by atoms with Crippen LogP contribution >= 0.6 is 0 Å². The third kappa shape index (κ3) is 3.47. The molecule has 1 unspecified atom stereocenters. The lowest BCUT2D eigenvalue weighted by Gasteiger charge is -2.19. The third-order valence-corrected chi connectivity index (χ3v) is 3.17. The summed E-state index contributed by atoms with van der Waals surface area (Å²) < 4.78 is 5.68. The molecule has 0 saturated heterocycles. The molecule has 0 heterocycles. The monoisotopic (exact) mass is 252 g/mol. The molecule has 0 radical (unpaired) electrons. The zero-order valence-electron chi connectivity index (χ0n) is 11.7. The van der Waals surface area contributed by atoms with Crippen molar-refractivity contribution in [1.29, 1.82) is 0 Å². The van der Waals surface area contributed by atoms with E-state index in [1.165, 1.54) is 0 Å². The smallest absolute Gasteiger partial charge is 0.125 e. The molecule has 0 aromatic heterocycles. The lowest BCUT2D eigenvalue weighted by molar-refractivity contribution is 0.223. The molecule has 0 bridgehead atoms. The molecule has 1 aromatic carbocycles. The molecule has 3 nitrogen and oxygen atoms in total. The Labute approximate surface area is 109 Å². The van der Waals surface area contributed by atoms with Crippen LogP contribution in [-0.4, -0.2) is 16.3 Å². The summed E-state index contributed by atoms with van der Waals surface area (Å²) in [5, 5.41) is 18.9. The lowest BCUT2D eigenvalue weighted by Crippen LogP contribution is -2.10. The quantitative estimate of drug-likeness (QED) is 0.818. The Morgan fingerprint density at radius 1 is 1.06 bits per heavy atom. The van der Waals surface area contributed by atoms with Crippen LogP contribution in [0.25, 0.3) is 0 Å². The summed E-state index contributed by atoms with van der Waals surface area (Å²) in [6.45, 7) is 8.09. The van der Waals surface area contributed by atoms with Gasteiger partial charge in [-0.2, -0.15) is 0 Å². The van der Waals surface area contributed by atoms with Crippen LogP contribution in [0.15, 0.2) is 12.1 Å². The van der Waals surface area contributed by atoms with E-state index in [1.807, 2.05) is 26.0 Å². The molecule has 0 amide bonds. The van der Waals surface area contributed by atoms with Crippen molar-refractivity contribution in [2.45, 2.75) is 59.4 Å². The molecule has 3 heteroatoms. The van der Waals surface area contributed by atoms with Gasteiger partial charge < -0.3 is 14.9 Å². The van der Waals surface area contributed by atoms with Crippen LogP contribution in [0, 0.1) is 0 Å². The zero-order chi connectivity index (χ0) is 13.7. The van der Waals surface area contributed by atoms with Crippen LogP contribution in [0.3, 0.4) is 0 Å². The van der Waals surface area contributed by atoms with Gasteiger partial charge in [0.2, 0.25) is 0 Å². The van der Waals surface area contributed by atoms with Gasteiger partial charge in [0, 0.05) is 5.56 Å². The van der Waals surface area contributed by atoms with Crippen molar-refractivity contribution in [3.8, 4) is 5.75 Å². The maximum absolute atomic E-state index is 9.47. The molecule has 102 valence electrons. The summed E-state index contributed by atoms with van der Waals surface area (Å²) in [6, 6.07) is 3.81. The molecule has 1 rings (SSSR count). The predicted molar refractivity (Wildman–Crippen MR) is 72.8 cm³/mol. The molecule has 0 aliphatic carbocycles. The first-order chi connectivity index (χ1) is 8.53. The van der Waals surface area contributed by atoms with E-state index in [4.69, 9.17) is 4.74 Å². The van der Waals surface area contributed by atoms with Crippen molar-refractivity contribution in [3.05, 3.63) is 28.8 Å². The van der Waals surface area contributed by atoms with E-state index < -0.39 is 0 Å². The molecule has 18 heavy (non-hydrogen) atoms.